The molecule has 5 rings (SSSR count). The quantitative estimate of drug-likeness (QED) is 0.166. The van der Waals surface area contributed by atoms with Crippen LogP contribution in [0.1, 0.15) is 60.3 Å². The highest BCUT2D eigenvalue weighted by Crippen LogP contribution is 2.44. The van der Waals surface area contributed by atoms with Crippen molar-refractivity contribution < 1.29 is 23.4 Å². The molecule has 1 atom stereocenters. The molecule has 4 aromatic rings. The first-order chi connectivity index (χ1) is 19.4. The van der Waals surface area contributed by atoms with E-state index in [1.165, 1.54) is 12.0 Å². The molecule has 1 aromatic heterocycles. The molecule has 40 heavy (non-hydrogen) atoms. The fourth-order valence-corrected chi connectivity index (χ4v) is 5.63. The standard InChI is InChI=1S/C31H29BrClNO6/c1-4-5-6-7-14-39-25-11-8-18(15-26(25)38-3)28-27-29(35)21-16-19(32)9-12-23(21)40-30(27)31(36)34(28)20-10-13-24(37-2)22(33)17-20/h8-13,15-17,28H,4-7,14H2,1-3H3. The van der Waals surface area contributed by atoms with Crippen molar-refractivity contribution in [2.75, 3.05) is 25.7 Å². The molecular weight excluding hydrogens is 598 g/mol. The average molecular weight is 627 g/mol. The van der Waals surface area contributed by atoms with Crippen LogP contribution in [0, 0.1) is 0 Å². The van der Waals surface area contributed by atoms with E-state index < -0.39 is 11.9 Å². The number of nitrogens with zero attached hydrogens (tertiary/aromatic N) is 1. The van der Waals surface area contributed by atoms with Crippen LogP contribution in [-0.2, 0) is 0 Å². The van der Waals surface area contributed by atoms with Crippen molar-refractivity contribution in [3.8, 4) is 17.2 Å². The van der Waals surface area contributed by atoms with Crippen molar-refractivity contribution >= 4 is 50.1 Å². The Labute approximate surface area is 245 Å². The van der Waals surface area contributed by atoms with E-state index >= 15 is 0 Å². The summed E-state index contributed by atoms with van der Waals surface area (Å²) in [4.78, 5) is 29.4. The van der Waals surface area contributed by atoms with Crippen LogP contribution in [0.3, 0.4) is 0 Å². The van der Waals surface area contributed by atoms with Gasteiger partial charge in [0.2, 0.25) is 5.76 Å². The minimum Gasteiger partial charge on any atom is -0.495 e. The summed E-state index contributed by atoms with van der Waals surface area (Å²) in [5, 5.41) is 0.708. The number of ether oxygens (including phenoxy) is 3. The molecule has 0 saturated carbocycles. The van der Waals surface area contributed by atoms with Gasteiger partial charge in [0.1, 0.15) is 11.3 Å². The third-order valence-electron chi connectivity index (χ3n) is 7.00. The van der Waals surface area contributed by atoms with Gasteiger partial charge < -0.3 is 18.6 Å². The van der Waals surface area contributed by atoms with Gasteiger partial charge in [0, 0.05) is 10.2 Å². The first kappa shape index (κ1) is 28.1. The van der Waals surface area contributed by atoms with Crippen LogP contribution in [0.15, 0.2) is 68.3 Å². The molecular formula is C31H29BrClNO6. The number of methoxy groups -OCH3 is 2. The number of rotatable bonds is 10. The summed E-state index contributed by atoms with van der Waals surface area (Å²) in [6.07, 6.45) is 4.35. The number of hydrogen-bond acceptors (Lipinski definition) is 6. The summed E-state index contributed by atoms with van der Waals surface area (Å²) < 4.78 is 23.8. The molecule has 0 fully saturated rings. The van der Waals surface area contributed by atoms with E-state index in [0.29, 0.717) is 51.1 Å². The van der Waals surface area contributed by atoms with Gasteiger partial charge in [0.05, 0.1) is 42.8 Å². The van der Waals surface area contributed by atoms with Gasteiger partial charge in [0.15, 0.2) is 16.9 Å². The van der Waals surface area contributed by atoms with E-state index in [2.05, 4.69) is 22.9 Å². The highest BCUT2D eigenvalue weighted by Gasteiger charge is 2.44. The second kappa shape index (κ2) is 11.9. The van der Waals surface area contributed by atoms with Crippen LogP contribution in [0.25, 0.3) is 11.0 Å². The molecule has 9 heteroatoms. The number of halogens is 2. The highest BCUT2D eigenvalue weighted by molar-refractivity contribution is 9.10. The van der Waals surface area contributed by atoms with Crippen molar-refractivity contribution in [3.63, 3.8) is 0 Å². The maximum atomic E-state index is 13.9. The van der Waals surface area contributed by atoms with Gasteiger partial charge in [-0.2, -0.15) is 0 Å². The number of hydrogen-bond donors (Lipinski definition) is 0. The Hall–Kier alpha value is -3.49. The lowest BCUT2D eigenvalue weighted by molar-refractivity contribution is 0.0971. The Kier molecular flexibility index (Phi) is 8.38. The molecule has 1 aliphatic heterocycles. The van der Waals surface area contributed by atoms with Crippen LogP contribution in [-0.4, -0.2) is 26.7 Å². The largest absolute Gasteiger partial charge is 0.495 e. The van der Waals surface area contributed by atoms with Crippen molar-refractivity contribution in [2.45, 2.75) is 38.6 Å². The van der Waals surface area contributed by atoms with Gasteiger partial charge in [-0.15, -0.1) is 0 Å². The van der Waals surface area contributed by atoms with Gasteiger partial charge in [-0.25, -0.2) is 0 Å². The maximum absolute atomic E-state index is 13.9. The Morgan fingerprint density at radius 3 is 2.42 bits per heavy atom. The van der Waals surface area contributed by atoms with Gasteiger partial charge in [-0.1, -0.05) is 59.8 Å². The number of fused-ring (bicyclic) bond motifs is 2. The molecule has 0 bridgehead atoms. The van der Waals surface area contributed by atoms with Gasteiger partial charge in [-0.3, -0.25) is 14.5 Å². The molecule has 3 aromatic carbocycles. The lowest BCUT2D eigenvalue weighted by Gasteiger charge is -2.26. The molecule has 0 radical (unpaired) electrons. The minimum absolute atomic E-state index is 0.00743. The summed E-state index contributed by atoms with van der Waals surface area (Å²) in [6, 6.07) is 14.9. The molecule has 0 N–H and O–H groups in total. The van der Waals surface area contributed by atoms with E-state index in [-0.39, 0.29) is 16.8 Å². The molecule has 1 aliphatic rings. The Balaban J connectivity index is 1.64. The Morgan fingerprint density at radius 1 is 0.925 bits per heavy atom. The van der Waals surface area contributed by atoms with Crippen molar-refractivity contribution in [1.29, 1.82) is 0 Å². The van der Waals surface area contributed by atoms with Crippen LogP contribution in [0.2, 0.25) is 5.02 Å². The fraction of sp³-hybridized carbons (Fsp3) is 0.290. The monoisotopic (exact) mass is 625 g/mol. The number of carbonyl (C=O) groups excluding carboxylic acids is 1. The molecule has 7 nitrogen and oxygen atoms in total. The number of benzene rings is 3. The zero-order chi connectivity index (χ0) is 28.4. The lowest BCUT2D eigenvalue weighted by atomic mass is 9.97. The average Bonchev–Trinajstić information content (AvgIpc) is 3.25. The first-order valence-corrected chi connectivity index (χ1v) is 14.3. The third kappa shape index (κ3) is 5.18. The summed E-state index contributed by atoms with van der Waals surface area (Å²) >= 11 is 9.89. The molecule has 2 heterocycles. The molecule has 0 spiro atoms. The summed E-state index contributed by atoms with van der Waals surface area (Å²) in [5.74, 6) is 1.12. The van der Waals surface area contributed by atoms with Crippen molar-refractivity contribution in [3.05, 3.63) is 91.2 Å². The SMILES string of the molecule is CCCCCCOc1ccc(C2c3c(oc4ccc(Br)cc4c3=O)C(=O)N2c2ccc(OC)c(Cl)c2)cc1OC. The Morgan fingerprint density at radius 2 is 1.70 bits per heavy atom. The minimum atomic E-state index is -0.793. The van der Waals surface area contributed by atoms with E-state index in [9.17, 15) is 9.59 Å². The number of carbonyl (C=O) groups is 1. The van der Waals surface area contributed by atoms with Crippen LogP contribution < -0.4 is 24.5 Å². The number of anilines is 1. The van der Waals surface area contributed by atoms with Crippen LogP contribution in [0.4, 0.5) is 5.69 Å². The van der Waals surface area contributed by atoms with Crippen molar-refractivity contribution in [1.82, 2.24) is 0 Å². The Bertz CT molecular complexity index is 1630. The molecule has 208 valence electrons. The zero-order valence-electron chi connectivity index (χ0n) is 22.5. The van der Waals surface area contributed by atoms with E-state index in [1.807, 2.05) is 12.1 Å². The highest BCUT2D eigenvalue weighted by atomic mass is 79.9. The predicted octanol–water partition coefficient (Wildman–Crippen LogP) is 7.94. The maximum Gasteiger partial charge on any atom is 0.295 e. The molecule has 0 saturated heterocycles. The summed E-state index contributed by atoms with van der Waals surface area (Å²) in [6.45, 7) is 2.74. The normalized spacial score (nSPS) is 14.5. The van der Waals surface area contributed by atoms with Crippen LogP contribution >= 0.6 is 27.5 Å². The first-order valence-electron chi connectivity index (χ1n) is 13.1. The topological polar surface area (TPSA) is 78.2 Å². The van der Waals surface area contributed by atoms with Crippen LogP contribution in [0.5, 0.6) is 17.2 Å². The zero-order valence-corrected chi connectivity index (χ0v) is 24.8. The lowest BCUT2D eigenvalue weighted by Crippen LogP contribution is -2.29. The second-order valence-electron chi connectivity index (χ2n) is 9.53. The van der Waals surface area contributed by atoms with E-state index in [1.54, 1.807) is 49.6 Å². The number of unbranched alkanes of at least 4 members (excludes halogenated alkanes) is 3. The summed E-state index contributed by atoms with van der Waals surface area (Å²) in [5.41, 5.74) is 1.45. The van der Waals surface area contributed by atoms with Gasteiger partial charge in [-0.05, 0) is 60.5 Å². The molecule has 0 aliphatic carbocycles. The molecule has 1 unspecified atom stereocenters. The summed E-state index contributed by atoms with van der Waals surface area (Å²) in [7, 11) is 3.09. The fourth-order valence-electron chi connectivity index (χ4n) is 5.02. The van der Waals surface area contributed by atoms with Gasteiger partial charge >= 0.3 is 0 Å². The second-order valence-corrected chi connectivity index (χ2v) is 10.9. The third-order valence-corrected chi connectivity index (χ3v) is 7.79. The predicted molar refractivity (Wildman–Crippen MR) is 159 cm³/mol. The van der Waals surface area contributed by atoms with E-state index in [0.717, 1.165) is 30.2 Å². The van der Waals surface area contributed by atoms with E-state index in [4.69, 9.17) is 30.2 Å². The number of amides is 1. The van der Waals surface area contributed by atoms with Gasteiger partial charge in [0.25, 0.3) is 5.91 Å². The van der Waals surface area contributed by atoms with Crippen molar-refractivity contribution in [2.24, 2.45) is 0 Å². The smallest absolute Gasteiger partial charge is 0.295 e. The molecule has 1 amide bonds.